The average Bonchev–Trinajstić information content (AvgIpc) is 3.08. The number of aromatic nitrogens is 5. The Hall–Kier alpha value is -3.09. The molecule has 0 aliphatic carbocycles. The number of H-pyrrole nitrogens is 2. The van der Waals surface area contributed by atoms with Gasteiger partial charge < -0.3 is 4.74 Å². The van der Waals surface area contributed by atoms with Crippen molar-refractivity contribution in [3.05, 3.63) is 46.6 Å². The molecule has 0 aliphatic rings. The van der Waals surface area contributed by atoms with Crippen molar-refractivity contribution in [2.75, 3.05) is 6.61 Å². The predicted octanol–water partition coefficient (Wildman–Crippen LogP) is 2.30. The van der Waals surface area contributed by atoms with Crippen molar-refractivity contribution in [3.8, 4) is 11.4 Å². The molecule has 3 heterocycles. The summed E-state index contributed by atoms with van der Waals surface area (Å²) in [6, 6.07) is 7.44. The van der Waals surface area contributed by atoms with Gasteiger partial charge in [-0.05, 0) is 32.0 Å². The van der Waals surface area contributed by atoms with Gasteiger partial charge in [-0.1, -0.05) is 0 Å². The number of ether oxygens (including phenoxy) is 1. The van der Waals surface area contributed by atoms with Crippen LogP contribution in [-0.2, 0) is 0 Å². The fraction of sp³-hybridized carbons (Fsp3) is 0.188. The molecule has 0 radical (unpaired) electrons. The number of aromatic amines is 2. The van der Waals surface area contributed by atoms with E-state index in [1.807, 2.05) is 32.0 Å². The lowest BCUT2D eigenvalue weighted by molar-refractivity contribution is 0.343. The highest BCUT2D eigenvalue weighted by Crippen LogP contribution is 2.26. The summed E-state index contributed by atoms with van der Waals surface area (Å²) in [6.07, 6.45) is 1.62. The Balaban J connectivity index is 2.04. The van der Waals surface area contributed by atoms with E-state index in [4.69, 9.17) is 4.74 Å². The van der Waals surface area contributed by atoms with Crippen molar-refractivity contribution < 1.29 is 4.74 Å². The molecular weight excluding hydrogens is 294 g/mol. The van der Waals surface area contributed by atoms with Gasteiger partial charge in [-0.25, -0.2) is 9.78 Å². The molecule has 0 amide bonds. The number of hydrogen-bond donors (Lipinski definition) is 2. The summed E-state index contributed by atoms with van der Waals surface area (Å²) in [5, 5.41) is 8.14. The molecule has 0 unspecified atom stereocenters. The monoisotopic (exact) mass is 309 g/mol. The van der Waals surface area contributed by atoms with Crippen LogP contribution in [-0.4, -0.2) is 31.3 Å². The van der Waals surface area contributed by atoms with Crippen LogP contribution in [0.4, 0.5) is 0 Å². The molecule has 4 rings (SSSR count). The summed E-state index contributed by atoms with van der Waals surface area (Å²) in [6.45, 7) is 4.37. The molecule has 0 saturated carbocycles. The van der Waals surface area contributed by atoms with Crippen LogP contribution in [0.1, 0.15) is 12.6 Å². The summed E-state index contributed by atoms with van der Waals surface area (Å²) in [4.78, 5) is 19.4. The Labute approximate surface area is 130 Å². The number of pyridine rings is 1. The average molecular weight is 309 g/mol. The first kappa shape index (κ1) is 13.6. The van der Waals surface area contributed by atoms with Crippen LogP contribution in [0.2, 0.25) is 0 Å². The quantitative estimate of drug-likeness (QED) is 0.608. The van der Waals surface area contributed by atoms with Crippen molar-refractivity contribution in [1.29, 1.82) is 0 Å². The Bertz CT molecular complexity index is 1070. The van der Waals surface area contributed by atoms with Gasteiger partial charge in [-0.15, -0.1) is 0 Å². The normalized spacial score (nSPS) is 11.4. The summed E-state index contributed by atoms with van der Waals surface area (Å²) in [5.74, 6) is 0.625. The van der Waals surface area contributed by atoms with Crippen molar-refractivity contribution in [2.45, 2.75) is 13.8 Å². The first-order chi connectivity index (χ1) is 11.2. The highest BCUT2D eigenvalue weighted by atomic mass is 16.5. The van der Waals surface area contributed by atoms with E-state index in [0.717, 1.165) is 22.3 Å². The van der Waals surface area contributed by atoms with Gasteiger partial charge in [0.25, 0.3) is 0 Å². The lowest BCUT2D eigenvalue weighted by Gasteiger charge is -2.08. The van der Waals surface area contributed by atoms with Gasteiger partial charge in [0.15, 0.2) is 5.65 Å². The fourth-order valence-electron chi connectivity index (χ4n) is 2.79. The molecule has 0 bridgehead atoms. The third-order valence-corrected chi connectivity index (χ3v) is 3.83. The third-order valence-electron chi connectivity index (χ3n) is 3.83. The van der Waals surface area contributed by atoms with Gasteiger partial charge in [0, 0.05) is 23.3 Å². The summed E-state index contributed by atoms with van der Waals surface area (Å²) >= 11 is 0. The number of fused-ring (bicyclic) bond motifs is 2. The lowest BCUT2D eigenvalue weighted by Crippen LogP contribution is -2.14. The molecule has 2 N–H and O–H groups in total. The van der Waals surface area contributed by atoms with E-state index in [9.17, 15) is 4.79 Å². The second-order valence-electron chi connectivity index (χ2n) is 5.25. The summed E-state index contributed by atoms with van der Waals surface area (Å²) in [5.41, 5.74) is 3.46. The van der Waals surface area contributed by atoms with Gasteiger partial charge in [0.05, 0.1) is 17.8 Å². The molecule has 23 heavy (non-hydrogen) atoms. The van der Waals surface area contributed by atoms with Crippen LogP contribution in [0.25, 0.3) is 27.8 Å². The zero-order chi connectivity index (χ0) is 16.0. The number of hydrogen-bond acceptors (Lipinski definition) is 4. The maximum atomic E-state index is 12.4. The number of imidazole rings is 1. The number of aryl methyl sites for hydroxylation is 1. The second-order valence-corrected chi connectivity index (χ2v) is 5.25. The van der Waals surface area contributed by atoms with Gasteiger partial charge in [0.1, 0.15) is 11.3 Å². The minimum absolute atomic E-state index is 0.250. The van der Waals surface area contributed by atoms with Crippen LogP contribution in [0.15, 0.2) is 35.3 Å². The predicted molar refractivity (Wildman–Crippen MR) is 87.2 cm³/mol. The SMILES string of the molecule is CCOc1ccnc2[nH]c(=O)n(-c3ccc4n[nH]c(C)c4c3)c12. The summed E-state index contributed by atoms with van der Waals surface area (Å²) < 4.78 is 7.24. The maximum absolute atomic E-state index is 12.4. The van der Waals surface area contributed by atoms with E-state index in [-0.39, 0.29) is 5.69 Å². The molecule has 4 aromatic rings. The van der Waals surface area contributed by atoms with E-state index in [1.54, 1.807) is 16.8 Å². The van der Waals surface area contributed by atoms with Gasteiger partial charge >= 0.3 is 5.69 Å². The Morgan fingerprint density at radius 2 is 2.17 bits per heavy atom. The smallest absolute Gasteiger partial charge is 0.332 e. The highest BCUT2D eigenvalue weighted by Gasteiger charge is 2.15. The largest absolute Gasteiger partial charge is 0.491 e. The molecule has 116 valence electrons. The molecule has 0 spiro atoms. The van der Waals surface area contributed by atoms with Gasteiger partial charge in [-0.2, -0.15) is 5.10 Å². The first-order valence-electron chi connectivity index (χ1n) is 7.36. The molecule has 0 saturated heterocycles. The zero-order valence-electron chi connectivity index (χ0n) is 12.8. The van der Waals surface area contributed by atoms with Crippen LogP contribution in [0.3, 0.4) is 0 Å². The molecule has 7 heteroatoms. The minimum atomic E-state index is -0.250. The Kier molecular flexibility index (Phi) is 2.94. The number of rotatable bonds is 3. The van der Waals surface area contributed by atoms with E-state index in [2.05, 4.69) is 20.2 Å². The van der Waals surface area contributed by atoms with Gasteiger partial charge in [-0.3, -0.25) is 14.6 Å². The van der Waals surface area contributed by atoms with Crippen molar-refractivity contribution >= 4 is 22.1 Å². The zero-order valence-corrected chi connectivity index (χ0v) is 12.8. The van der Waals surface area contributed by atoms with E-state index < -0.39 is 0 Å². The minimum Gasteiger partial charge on any atom is -0.491 e. The Morgan fingerprint density at radius 3 is 3.00 bits per heavy atom. The molecule has 1 aromatic carbocycles. The lowest BCUT2D eigenvalue weighted by atomic mass is 10.2. The fourth-order valence-corrected chi connectivity index (χ4v) is 2.79. The molecule has 0 atom stereocenters. The van der Waals surface area contributed by atoms with E-state index >= 15 is 0 Å². The van der Waals surface area contributed by atoms with Gasteiger partial charge in [0.2, 0.25) is 0 Å². The van der Waals surface area contributed by atoms with E-state index in [1.165, 1.54) is 0 Å². The number of nitrogens with zero attached hydrogens (tertiary/aromatic N) is 3. The third kappa shape index (κ3) is 2.01. The number of benzene rings is 1. The Morgan fingerprint density at radius 1 is 1.30 bits per heavy atom. The topological polar surface area (TPSA) is 88.6 Å². The number of nitrogens with one attached hydrogen (secondary N) is 2. The maximum Gasteiger partial charge on any atom is 0.332 e. The van der Waals surface area contributed by atoms with E-state index in [0.29, 0.717) is 23.5 Å². The standard InChI is InChI=1S/C16H15N5O2/c1-3-23-13-6-7-17-15-14(13)21(16(22)18-15)10-4-5-12-11(8-10)9(2)19-20-12/h4-8H,3H2,1-2H3,(H,19,20)(H,17,18,22). The second kappa shape index (κ2) is 4.98. The van der Waals surface area contributed by atoms with Crippen molar-refractivity contribution in [3.63, 3.8) is 0 Å². The summed E-state index contributed by atoms with van der Waals surface area (Å²) in [7, 11) is 0. The first-order valence-corrected chi connectivity index (χ1v) is 7.36. The van der Waals surface area contributed by atoms with Crippen molar-refractivity contribution in [1.82, 2.24) is 24.7 Å². The molecule has 0 fully saturated rings. The molecular formula is C16H15N5O2. The molecule has 3 aromatic heterocycles. The molecule has 7 nitrogen and oxygen atoms in total. The van der Waals surface area contributed by atoms with Crippen LogP contribution >= 0.6 is 0 Å². The van der Waals surface area contributed by atoms with Crippen LogP contribution in [0.5, 0.6) is 5.75 Å². The molecule has 0 aliphatic heterocycles. The van der Waals surface area contributed by atoms with Crippen LogP contribution < -0.4 is 10.4 Å². The van der Waals surface area contributed by atoms with Crippen molar-refractivity contribution in [2.24, 2.45) is 0 Å². The van der Waals surface area contributed by atoms with Crippen LogP contribution in [0, 0.1) is 6.92 Å². The highest BCUT2D eigenvalue weighted by molar-refractivity contribution is 5.85.